The van der Waals surface area contributed by atoms with Crippen LogP contribution in [0.1, 0.15) is 11.1 Å². The highest BCUT2D eigenvalue weighted by atomic mass is 15.0. The zero-order chi connectivity index (χ0) is 10.7. The Bertz CT molecular complexity index is 442. The molecule has 3 N–H and O–H groups in total. The van der Waals surface area contributed by atoms with Crippen LogP contribution in [-0.4, -0.2) is 15.4 Å². The minimum absolute atomic E-state index is 0.101. The van der Waals surface area contributed by atoms with Crippen molar-refractivity contribution in [2.24, 2.45) is 5.73 Å². The Morgan fingerprint density at radius 1 is 1.33 bits per heavy atom. The van der Waals surface area contributed by atoms with E-state index in [2.05, 4.69) is 4.98 Å². The van der Waals surface area contributed by atoms with Crippen LogP contribution >= 0.6 is 0 Å². The van der Waals surface area contributed by atoms with Gasteiger partial charge in [0.15, 0.2) is 0 Å². The van der Waals surface area contributed by atoms with Crippen molar-refractivity contribution in [2.45, 2.75) is 6.54 Å². The van der Waals surface area contributed by atoms with Crippen LogP contribution in [0.25, 0.3) is 0 Å². The average Bonchev–Trinajstić information content (AvgIpc) is 2.71. The smallest absolute Gasteiger partial charge is 0.122 e. The van der Waals surface area contributed by atoms with Gasteiger partial charge >= 0.3 is 0 Å². The summed E-state index contributed by atoms with van der Waals surface area (Å²) in [6.45, 7) is 0.790. The third kappa shape index (κ3) is 2.22. The second kappa shape index (κ2) is 3.96. The Morgan fingerprint density at radius 2 is 2.07 bits per heavy atom. The molecule has 15 heavy (non-hydrogen) atoms. The highest BCUT2D eigenvalue weighted by Crippen LogP contribution is 2.05. The van der Waals surface area contributed by atoms with Gasteiger partial charge in [-0.1, -0.05) is 24.3 Å². The van der Waals surface area contributed by atoms with Crippen LogP contribution in [0, 0.1) is 5.41 Å². The minimum atomic E-state index is 0.101. The maximum absolute atomic E-state index is 7.26. The molecule has 0 saturated heterocycles. The van der Waals surface area contributed by atoms with Gasteiger partial charge in [-0.05, 0) is 5.56 Å². The van der Waals surface area contributed by atoms with Crippen LogP contribution in [-0.2, 0) is 6.54 Å². The SMILES string of the molecule is N=C(N)c1ccc(Cn2ccnc2)cc1. The summed E-state index contributed by atoms with van der Waals surface area (Å²) in [6.07, 6.45) is 5.45. The highest BCUT2D eigenvalue weighted by molar-refractivity contribution is 5.94. The second-order valence-corrected chi connectivity index (χ2v) is 3.35. The van der Waals surface area contributed by atoms with Crippen LogP contribution in [0.5, 0.6) is 0 Å². The number of nitrogens with two attached hydrogens (primary N) is 1. The topological polar surface area (TPSA) is 67.7 Å². The average molecular weight is 200 g/mol. The van der Waals surface area contributed by atoms with Gasteiger partial charge in [-0.2, -0.15) is 0 Å². The Balaban J connectivity index is 2.14. The first kappa shape index (κ1) is 9.45. The number of nitrogens with zero attached hydrogens (tertiary/aromatic N) is 2. The molecule has 0 spiro atoms. The van der Waals surface area contributed by atoms with Crippen LogP contribution in [0.15, 0.2) is 43.0 Å². The van der Waals surface area contributed by atoms with Gasteiger partial charge in [0.2, 0.25) is 0 Å². The Labute approximate surface area is 87.9 Å². The number of rotatable bonds is 3. The van der Waals surface area contributed by atoms with Crippen molar-refractivity contribution in [3.05, 3.63) is 54.1 Å². The number of nitrogens with one attached hydrogen (secondary N) is 1. The van der Waals surface area contributed by atoms with E-state index in [1.165, 1.54) is 0 Å². The normalized spacial score (nSPS) is 10.1. The van der Waals surface area contributed by atoms with Gasteiger partial charge in [0.25, 0.3) is 0 Å². The van der Waals surface area contributed by atoms with E-state index in [4.69, 9.17) is 11.1 Å². The van der Waals surface area contributed by atoms with Crippen LogP contribution in [0.3, 0.4) is 0 Å². The lowest BCUT2D eigenvalue weighted by Gasteiger charge is -2.03. The lowest BCUT2D eigenvalue weighted by Crippen LogP contribution is -2.10. The summed E-state index contributed by atoms with van der Waals surface area (Å²) >= 11 is 0. The number of nitrogen functional groups attached to an aromatic ring is 1. The summed E-state index contributed by atoms with van der Waals surface area (Å²) in [5.74, 6) is 0.101. The van der Waals surface area contributed by atoms with Gasteiger partial charge in [0, 0.05) is 24.5 Å². The molecule has 1 aromatic carbocycles. The van der Waals surface area contributed by atoms with E-state index in [9.17, 15) is 0 Å². The van der Waals surface area contributed by atoms with Gasteiger partial charge in [0.05, 0.1) is 6.33 Å². The van der Waals surface area contributed by atoms with Gasteiger partial charge in [-0.3, -0.25) is 5.41 Å². The summed E-state index contributed by atoms with van der Waals surface area (Å²) in [6, 6.07) is 7.65. The molecule has 0 radical (unpaired) electrons. The molecule has 0 bridgehead atoms. The molecule has 0 aliphatic rings. The molecule has 1 heterocycles. The number of imidazole rings is 1. The second-order valence-electron chi connectivity index (χ2n) is 3.35. The first-order chi connectivity index (χ1) is 7.25. The van der Waals surface area contributed by atoms with E-state index in [-0.39, 0.29) is 5.84 Å². The van der Waals surface area contributed by atoms with Crippen molar-refractivity contribution in [3.63, 3.8) is 0 Å². The molecule has 0 aliphatic carbocycles. The molecule has 4 heteroatoms. The fraction of sp³-hybridized carbons (Fsp3) is 0.0909. The predicted octanol–water partition coefficient (Wildman–Crippen LogP) is 1.22. The van der Waals surface area contributed by atoms with Crippen molar-refractivity contribution >= 4 is 5.84 Å². The van der Waals surface area contributed by atoms with Crippen LogP contribution < -0.4 is 5.73 Å². The summed E-state index contributed by atoms with van der Waals surface area (Å²) in [7, 11) is 0. The summed E-state index contributed by atoms with van der Waals surface area (Å²) in [5.41, 5.74) is 7.29. The molecule has 2 rings (SSSR count). The van der Waals surface area contributed by atoms with E-state index in [1.807, 2.05) is 35.0 Å². The van der Waals surface area contributed by atoms with Crippen molar-refractivity contribution in [1.82, 2.24) is 9.55 Å². The molecule has 0 amide bonds. The molecule has 0 fully saturated rings. The maximum atomic E-state index is 7.26. The van der Waals surface area contributed by atoms with Crippen molar-refractivity contribution in [3.8, 4) is 0 Å². The molecule has 0 unspecified atom stereocenters. The molecule has 4 nitrogen and oxygen atoms in total. The first-order valence-electron chi connectivity index (χ1n) is 4.65. The van der Waals surface area contributed by atoms with Crippen LogP contribution in [0.4, 0.5) is 0 Å². The lowest BCUT2D eigenvalue weighted by atomic mass is 10.1. The minimum Gasteiger partial charge on any atom is -0.384 e. The van der Waals surface area contributed by atoms with Gasteiger partial charge in [0.1, 0.15) is 5.84 Å². The van der Waals surface area contributed by atoms with Gasteiger partial charge in [-0.25, -0.2) is 4.98 Å². The Kier molecular flexibility index (Phi) is 2.49. The van der Waals surface area contributed by atoms with Crippen LogP contribution in [0.2, 0.25) is 0 Å². The summed E-state index contributed by atoms with van der Waals surface area (Å²) < 4.78 is 1.99. The number of hydrogen-bond donors (Lipinski definition) is 2. The number of hydrogen-bond acceptors (Lipinski definition) is 2. The number of amidine groups is 1. The molecular formula is C11H12N4. The van der Waals surface area contributed by atoms with Crippen molar-refractivity contribution < 1.29 is 0 Å². The van der Waals surface area contributed by atoms with Crippen molar-refractivity contribution in [2.75, 3.05) is 0 Å². The fourth-order valence-corrected chi connectivity index (χ4v) is 1.38. The van der Waals surface area contributed by atoms with E-state index in [0.29, 0.717) is 0 Å². The standard InChI is InChI=1S/C11H12N4/c12-11(13)10-3-1-9(2-4-10)7-15-6-5-14-8-15/h1-6,8H,7H2,(H3,12,13). The Morgan fingerprint density at radius 3 is 2.60 bits per heavy atom. The van der Waals surface area contributed by atoms with E-state index in [1.54, 1.807) is 12.5 Å². The van der Waals surface area contributed by atoms with E-state index in [0.717, 1.165) is 17.7 Å². The van der Waals surface area contributed by atoms with Gasteiger partial charge < -0.3 is 10.3 Å². The summed E-state index contributed by atoms with van der Waals surface area (Å²) in [4.78, 5) is 3.97. The molecule has 2 aromatic rings. The molecular weight excluding hydrogens is 188 g/mol. The predicted molar refractivity (Wildman–Crippen MR) is 58.8 cm³/mol. The molecule has 76 valence electrons. The maximum Gasteiger partial charge on any atom is 0.122 e. The largest absolute Gasteiger partial charge is 0.384 e. The Hall–Kier alpha value is -2.10. The van der Waals surface area contributed by atoms with Crippen molar-refractivity contribution in [1.29, 1.82) is 5.41 Å². The quantitative estimate of drug-likeness (QED) is 0.577. The molecule has 0 aliphatic heterocycles. The van der Waals surface area contributed by atoms with Gasteiger partial charge in [-0.15, -0.1) is 0 Å². The fourth-order valence-electron chi connectivity index (χ4n) is 1.38. The third-order valence-electron chi connectivity index (χ3n) is 2.19. The monoisotopic (exact) mass is 200 g/mol. The zero-order valence-electron chi connectivity index (χ0n) is 8.22. The third-order valence-corrected chi connectivity index (χ3v) is 2.19. The highest BCUT2D eigenvalue weighted by Gasteiger charge is 1.97. The number of aromatic nitrogens is 2. The van der Waals surface area contributed by atoms with E-state index >= 15 is 0 Å². The zero-order valence-corrected chi connectivity index (χ0v) is 8.22. The first-order valence-corrected chi connectivity index (χ1v) is 4.65. The summed E-state index contributed by atoms with van der Waals surface area (Å²) in [5, 5.41) is 7.26. The molecule has 0 saturated carbocycles. The van der Waals surface area contributed by atoms with E-state index < -0.39 is 0 Å². The molecule has 0 atom stereocenters. The lowest BCUT2D eigenvalue weighted by molar-refractivity contribution is 0.797. The molecule has 1 aromatic heterocycles. The number of benzene rings is 1.